The minimum absolute atomic E-state index is 0.0367. The molecule has 2 aromatic heterocycles. The zero-order valence-electron chi connectivity index (χ0n) is 16.8. The van der Waals surface area contributed by atoms with E-state index in [0.717, 1.165) is 17.7 Å². The topological polar surface area (TPSA) is 107 Å². The van der Waals surface area contributed by atoms with Gasteiger partial charge in [-0.15, -0.1) is 10.2 Å². The zero-order chi connectivity index (χ0) is 23.4. The van der Waals surface area contributed by atoms with E-state index in [2.05, 4.69) is 25.5 Å². The van der Waals surface area contributed by atoms with Crippen molar-refractivity contribution in [1.29, 1.82) is 0 Å². The molecule has 0 aliphatic carbocycles. The SMILES string of the molecule is O=[N+]([O-])c1ccc(CNc2nc(-c3ccccn3)nnc2-c2ccc(C(F)(F)F)cc2)cc1. The highest BCUT2D eigenvalue weighted by atomic mass is 19.4. The van der Waals surface area contributed by atoms with Crippen molar-refractivity contribution in [2.45, 2.75) is 12.7 Å². The molecule has 0 spiro atoms. The summed E-state index contributed by atoms with van der Waals surface area (Å²) in [5.74, 6) is 0.515. The number of nitro groups is 1. The molecule has 1 N–H and O–H groups in total. The number of alkyl halides is 3. The molecule has 0 radical (unpaired) electrons. The van der Waals surface area contributed by atoms with Gasteiger partial charge in [0.1, 0.15) is 11.4 Å². The number of rotatable bonds is 6. The van der Waals surface area contributed by atoms with Gasteiger partial charge in [-0.05, 0) is 29.8 Å². The van der Waals surface area contributed by atoms with Crippen LogP contribution in [0.5, 0.6) is 0 Å². The van der Waals surface area contributed by atoms with Gasteiger partial charge in [0.2, 0.25) is 5.82 Å². The molecule has 2 heterocycles. The predicted octanol–water partition coefficient (Wildman–Crippen LogP) is 5.14. The molecule has 33 heavy (non-hydrogen) atoms. The van der Waals surface area contributed by atoms with Crippen LogP contribution < -0.4 is 5.32 Å². The lowest BCUT2D eigenvalue weighted by Crippen LogP contribution is -2.08. The average Bonchev–Trinajstić information content (AvgIpc) is 2.83. The fourth-order valence-electron chi connectivity index (χ4n) is 2.99. The Morgan fingerprint density at radius 1 is 0.939 bits per heavy atom. The van der Waals surface area contributed by atoms with E-state index < -0.39 is 16.7 Å². The number of anilines is 1. The van der Waals surface area contributed by atoms with Crippen LogP contribution in [-0.2, 0) is 12.7 Å². The normalized spacial score (nSPS) is 11.2. The van der Waals surface area contributed by atoms with E-state index in [9.17, 15) is 23.3 Å². The Hall–Kier alpha value is -4.41. The fraction of sp³-hybridized carbons (Fsp3) is 0.0909. The van der Waals surface area contributed by atoms with Crippen LogP contribution in [0.3, 0.4) is 0 Å². The van der Waals surface area contributed by atoms with E-state index in [0.29, 0.717) is 11.3 Å². The number of hydrogen-bond acceptors (Lipinski definition) is 7. The van der Waals surface area contributed by atoms with E-state index in [1.54, 1.807) is 36.5 Å². The molecule has 2 aromatic carbocycles. The zero-order valence-corrected chi connectivity index (χ0v) is 16.8. The van der Waals surface area contributed by atoms with Crippen LogP contribution in [0.25, 0.3) is 22.8 Å². The second-order valence-corrected chi connectivity index (χ2v) is 6.90. The number of non-ortho nitro benzene ring substituents is 1. The van der Waals surface area contributed by atoms with Gasteiger partial charge in [0.15, 0.2) is 5.82 Å². The van der Waals surface area contributed by atoms with E-state index in [4.69, 9.17) is 0 Å². The molecule has 0 fully saturated rings. The molecule has 4 rings (SSSR count). The molecule has 166 valence electrons. The first-order chi connectivity index (χ1) is 15.8. The van der Waals surface area contributed by atoms with E-state index >= 15 is 0 Å². The Morgan fingerprint density at radius 2 is 1.67 bits per heavy atom. The van der Waals surface area contributed by atoms with Gasteiger partial charge in [-0.1, -0.05) is 30.3 Å². The summed E-state index contributed by atoms with van der Waals surface area (Å²) in [6.07, 6.45) is -2.88. The van der Waals surface area contributed by atoms with Crippen molar-refractivity contribution in [2.75, 3.05) is 5.32 Å². The van der Waals surface area contributed by atoms with Gasteiger partial charge in [-0.3, -0.25) is 15.1 Å². The molecule has 8 nitrogen and oxygen atoms in total. The highest BCUT2D eigenvalue weighted by Gasteiger charge is 2.30. The summed E-state index contributed by atoms with van der Waals surface area (Å²) in [5, 5.41) is 22.2. The molecule has 0 unspecified atom stereocenters. The maximum absolute atomic E-state index is 12.9. The fourth-order valence-corrected chi connectivity index (χ4v) is 2.99. The van der Waals surface area contributed by atoms with E-state index in [1.165, 1.54) is 24.3 Å². The summed E-state index contributed by atoms with van der Waals surface area (Å²) >= 11 is 0. The van der Waals surface area contributed by atoms with Gasteiger partial charge in [0.25, 0.3) is 5.69 Å². The summed E-state index contributed by atoms with van der Waals surface area (Å²) in [4.78, 5) is 19.0. The summed E-state index contributed by atoms with van der Waals surface area (Å²) < 4.78 is 38.8. The van der Waals surface area contributed by atoms with Crippen LogP contribution in [0, 0.1) is 10.1 Å². The molecule has 0 aliphatic rings. The van der Waals surface area contributed by atoms with Gasteiger partial charge in [0.05, 0.1) is 10.5 Å². The van der Waals surface area contributed by atoms with Gasteiger partial charge < -0.3 is 5.32 Å². The van der Waals surface area contributed by atoms with Crippen molar-refractivity contribution in [3.8, 4) is 22.8 Å². The quantitative estimate of drug-likeness (QED) is 0.319. The van der Waals surface area contributed by atoms with Crippen molar-refractivity contribution in [3.05, 3.63) is 94.2 Å². The Balaban J connectivity index is 1.67. The third-order valence-corrected chi connectivity index (χ3v) is 4.67. The number of nitrogens with zero attached hydrogens (tertiary/aromatic N) is 5. The summed E-state index contributed by atoms with van der Waals surface area (Å²) in [7, 11) is 0. The third kappa shape index (κ3) is 5.09. The number of nitro benzene ring substituents is 1. The molecule has 4 aromatic rings. The van der Waals surface area contributed by atoms with Gasteiger partial charge in [0, 0.05) is 30.4 Å². The lowest BCUT2D eigenvalue weighted by molar-refractivity contribution is -0.384. The maximum Gasteiger partial charge on any atom is 0.416 e. The molecule has 11 heteroatoms. The first-order valence-corrected chi connectivity index (χ1v) is 9.62. The number of hydrogen-bond donors (Lipinski definition) is 1. The lowest BCUT2D eigenvalue weighted by Gasteiger charge is -2.12. The van der Waals surface area contributed by atoms with E-state index in [-0.39, 0.29) is 29.6 Å². The minimum atomic E-state index is -4.46. The lowest BCUT2D eigenvalue weighted by atomic mass is 10.1. The molecular weight excluding hydrogens is 437 g/mol. The van der Waals surface area contributed by atoms with Gasteiger partial charge in [-0.2, -0.15) is 13.2 Å². The molecular formula is C22H15F3N6O2. The Bertz CT molecular complexity index is 1260. The van der Waals surface area contributed by atoms with Crippen LogP contribution in [0.4, 0.5) is 24.7 Å². The van der Waals surface area contributed by atoms with Crippen LogP contribution in [-0.4, -0.2) is 25.1 Å². The molecule has 0 amide bonds. The highest BCUT2D eigenvalue weighted by Crippen LogP contribution is 2.32. The molecule has 0 aliphatic heterocycles. The maximum atomic E-state index is 12.9. The Labute approximate surface area is 185 Å². The number of benzene rings is 2. The summed E-state index contributed by atoms with van der Waals surface area (Å²) in [5.41, 5.74) is 1.04. The van der Waals surface area contributed by atoms with Gasteiger partial charge in [-0.25, -0.2) is 4.98 Å². The van der Waals surface area contributed by atoms with Crippen molar-refractivity contribution >= 4 is 11.5 Å². The van der Waals surface area contributed by atoms with Crippen LogP contribution >= 0.6 is 0 Å². The first kappa shape index (κ1) is 21.8. The second kappa shape index (κ2) is 8.99. The van der Waals surface area contributed by atoms with Crippen LogP contribution in [0.15, 0.2) is 72.9 Å². The Morgan fingerprint density at radius 3 is 2.27 bits per heavy atom. The van der Waals surface area contributed by atoms with Gasteiger partial charge >= 0.3 is 6.18 Å². The van der Waals surface area contributed by atoms with E-state index in [1.807, 2.05) is 0 Å². The molecule has 0 saturated carbocycles. The first-order valence-electron chi connectivity index (χ1n) is 9.62. The summed E-state index contributed by atoms with van der Waals surface area (Å²) in [6, 6.07) is 15.7. The molecule has 0 bridgehead atoms. The number of halogens is 3. The summed E-state index contributed by atoms with van der Waals surface area (Å²) in [6.45, 7) is 0.242. The largest absolute Gasteiger partial charge is 0.416 e. The standard InChI is InChI=1S/C22H15F3N6O2/c23-22(24,25)16-8-6-15(7-9-16)19-21(27-13-14-4-10-17(11-5-14)31(32)33)28-20(30-29-19)18-3-1-2-12-26-18/h1-12H,13H2,(H,27,28,30). The van der Waals surface area contributed by atoms with Crippen molar-refractivity contribution < 1.29 is 18.1 Å². The predicted molar refractivity (Wildman–Crippen MR) is 114 cm³/mol. The Kier molecular flexibility index (Phi) is 5.94. The van der Waals surface area contributed by atoms with Crippen LogP contribution in [0.1, 0.15) is 11.1 Å². The second-order valence-electron chi connectivity index (χ2n) is 6.90. The highest BCUT2D eigenvalue weighted by molar-refractivity contribution is 5.72. The van der Waals surface area contributed by atoms with Crippen molar-refractivity contribution in [3.63, 3.8) is 0 Å². The van der Waals surface area contributed by atoms with Crippen molar-refractivity contribution in [2.24, 2.45) is 0 Å². The number of pyridine rings is 1. The average molecular weight is 452 g/mol. The van der Waals surface area contributed by atoms with Crippen LogP contribution in [0.2, 0.25) is 0 Å². The van der Waals surface area contributed by atoms with Crippen molar-refractivity contribution in [1.82, 2.24) is 20.2 Å². The molecule has 0 saturated heterocycles. The monoisotopic (exact) mass is 452 g/mol. The number of nitrogens with one attached hydrogen (secondary N) is 1. The molecule has 0 atom stereocenters. The third-order valence-electron chi connectivity index (χ3n) is 4.67. The minimum Gasteiger partial charge on any atom is -0.364 e. The smallest absolute Gasteiger partial charge is 0.364 e. The number of aromatic nitrogens is 4.